The highest BCUT2D eigenvalue weighted by molar-refractivity contribution is 5.70. The lowest BCUT2D eigenvalue weighted by molar-refractivity contribution is -0.136. The molecule has 110 valence electrons. The van der Waals surface area contributed by atoms with Crippen molar-refractivity contribution in [1.82, 2.24) is 9.97 Å². The molecule has 6 nitrogen and oxygen atoms in total. The van der Waals surface area contributed by atoms with Crippen molar-refractivity contribution < 1.29 is 14.6 Å². The first-order valence-electron chi connectivity index (χ1n) is 6.50. The second-order valence-electron chi connectivity index (χ2n) is 4.54. The lowest BCUT2D eigenvalue weighted by Gasteiger charge is -2.11. The predicted molar refractivity (Wildman–Crippen MR) is 78.4 cm³/mol. The Morgan fingerprint density at radius 3 is 2.67 bits per heavy atom. The molecule has 1 aromatic carbocycles. The van der Waals surface area contributed by atoms with Crippen molar-refractivity contribution in [2.24, 2.45) is 0 Å². The molecule has 0 aliphatic rings. The van der Waals surface area contributed by atoms with E-state index < -0.39 is 5.97 Å². The molecule has 0 saturated heterocycles. The number of carboxylic acid groups (broad SMARTS) is 1. The van der Waals surface area contributed by atoms with E-state index in [0.29, 0.717) is 24.1 Å². The highest BCUT2D eigenvalue weighted by Gasteiger charge is 2.07. The summed E-state index contributed by atoms with van der Waals surface area (Å²) < 4.78 is 5.10. The molecule has 1 aromatic heterocycles. The Balaban J connectivity index is 2.13. The van der Waals surface area contributed by atoms with E-state index in [2.05, 4.69) is 15.3 Å². The summed E-state index contributed by atoms with van der Waals surface area (Å²) in [6.45, 7) is 2.27. The van der Waals surface area contributed by atoms with Gasteiger partial charge in [0.2, 0.25) is 5.88 Å². The van der Waals surface area contributed by atoms with Crippen LogP contribution in [0.25, 0.3) is 0 Å². The molecule has 0 aliphatic carbocycles. The topological polar surface area (TPSA) is 84.3 Å². The Kier molecular flexibility index (Phi) is 4.71. The van der Waals surface area contributed by atoms with Gasteiger partial charge >= 0.3 is 5.97 Å². The molecule has 0 unspecified atom stereocenters. The first-order chi connectivity index (χ1) is 10.1. The Labute approximate surface area is 122 Å². The largest absolute Gasteiger partial charge is 0.481 e. The highest BCUT2D eigenvalue weighted by Crippen LogP contribution is 2.15. The van der Waals surface area contributed by atoms with Crippen LogP contribution in [0.3, 0.4) is 0 Å². The zero-order valence-corrected chi connectivity index (χ0v) is 12.0. The van der Waals surface area contributed by atoms with Gasteiger partial charge in [0, 0.05) is 12.6 Å². The van der Waals surface area contributed by atoms with E-state index in [4.69, 9.17) is 9.84 Å². The average molecular weight is 287 g/mol. The van der Waals surface area contributed by atoms with Crippen molar-refractivity contribution in [3.63, 3.8) is 0 Å². The maximum Gasteiger partial charge on any atom is 0.307 e. The number of aliphatic carboxylic acids is 1. The van der Waals surface area contributed by atoms with Gasteiger partial charge in [-0.05, 0) is 18.1 Å². The van der Waals surface area contributed by atoms with E-state index in [9.17, 15) is 4.79 Å². The molecule has 0 radical (unpaired) electrons. The molecular weight excluding hydrogens is 270 g/mol. The fourth-order valence-corrected chi connectivity index (χ4v) is 1.99. The molecule has 0 aliphatic heterocycles. The molecule has 2 rings (SSSR count). The van der Waals surface area contributed by atoms with Crippen LogP contribution >= 0.6 is 0 Å². The van der Waals surface area contributed by atoms with Gasteiger partial charge in [0.1, 0.15) is 11.6 Å². The fourth-order valence-electron chi connectivity index (χ4n) is 1.99. The van der Waals surface area contributed by atoms with Crippen molar-refractivity contribution in [2.75, 3.05) is 12.4 Å². The van der Waals surface area contributed by atoms with Crippen LogP contribution in [0.2, 0.25) is 0 Å². The number of anilines is 1. The normalized spacial score (nSPS) is 10.2. The Morgan fingerprint density at radius 1 is 1.29 bits per heavy atom. The number of aryl methyl sites for hydroxylation is 1. The van der Waals surface area contributed by atoms with Crippen LogP contribution in [-0.2, 0) is 17.8 Å². The van der Waals surface area contributed by atoms with Gasteiger partial charge in [-0.3, -0.25) is 4.79 Å². The number of methoxy groups -OCH3 is 1. The number of carbonyl (C=O) groups is 1. The van der Waals surface area contributed by atoms with Gasteiger partial charge in [-0.25, -0.2) is 4.98 Å². The van der Waals surface area contributed by atoms with Crippen LogP contribution in [0, 0.1) is 6.92 Å². The molecule has 2 aromatic rings. The van der Waals surface area contributed by atoms with E-state index >= 15 is 0 Å². The van der Waals surface area contributed by atoms with E-state index in [1.54, 1.807) is 20.1 Å². The van der Waals surface area contributed by atoms with E-state index in [0.717, 1.165) is 11.1 Å². The number of aromatic nitrogens is 2. The van der Waals surface area contributed by atoms with Crippen molar-refractivity contribution in [2.45, 2.75) is 19.9 Å². The van der Waals surface area contributed by atoms with Crippen LogP contribution in [0.1, 0.15) is 17.0 Å². The average Bonchev–Trinajstić information content (AvgIpc) is 2.45. The van der Waals surface area contributed by atoms with Gasteiger partial charge in [0.05, 0.1) is 13.5 Å². The first kappa shape index (κ1) is 14.8. The summed E-state index contributed by atoms with van der Waals surface area (Å²) in [4.78, 5) is 19.2. The van der Waals surface area contributed by atoms with Gasteiger partial charge in [-0.15, -0.1) is 0 Å². The third kappa shape index (κ3) is 4.17. The molecule has 0 saturated carbocycles. The minimum Gasteiger partial charge on any atom is -0.481 e. The number of hydrogen-bond acceptors (Lipinski definition) is 5. The number of hydrogen-bond donors (Lipinski definition) is 2. The van der Waals surface area contributed by atoms with Crippen molar-refractivity contribution in [3.05, 3.63) is 47.3 Å². The van der Waals surface area contributed by atoms with Gasteiger partial charge in [0.15, 0.2) is 0 Å². The van der Waals surface area contributed by atoms with Crippen LogP contribution in [0.15, 0.2) is 30.3 Å². The van der Waals surface area contributed by atoms with E-state index in [1.807, 2.05) is 24.3 Å². The Hall–Kier alpha value is -2.63. The minimum absolute atomic E-state index is 0.00394. The van der Waals surface area contributed by atoms with Crippen LogP contribution in [0.5, 0.6) is 5.88 Å². The summed E-state index contributed by atoms with van der Waals surface area (Å²) in [5.74, 6) is 0.894. The molecule has 2 N–H and O–H groups in total. The number of carboxylic acids is 1. The van der Waals surface area contributed by atoms with Crippen LogP contribution < -0.4 is 10.1 Å². The zero-order chi connectivity index (χ0) is 15.2. The number of benzene rings is 1. The number of nitrogens with zero attached hydrogens (tertiary/aromatic N) is 2. The summed E-state index contributed by atoms with van der Waals surface area (Å²) in [5.41, 5.74) is 1.71. The first-order valence-corrected chi connectivity index (χ1v) is 6.50. The van der Waals surface area contributed by atoms with Crippen molar-refractivity contribution >= 4 is 11.8 Å². The summed E-state index contributed by atoms with van der Waals surface area (Å²) in [5, 5.41) is 12.1. The number of ether oxygens (including phenoxy) is 1. The quantitative estimate of drug-likeness (QED) is 0.845. The van der Waals surface area contributed by atoms with Gasteiger partial charge in [0.25, 0.3) is 0 Å². The summed E-state index contributed by atoms with van der Waals surface area (Å²) in [6.07, 6.45) is 0.00394. The van der Waals surface area contributed by atoms with Crippen molar-refractivity contribution in [1.29, 1.82) is 0 Å². The summed E-state index contributed by atoms with van der Waals surface area (Å²) in [6, 6.07) is 9.13. The maximum absolute atomic E-state index is 10.9. The second kappa shape index (κ2) is 6.69. The smallest absolute Gasteiger partial charge is 0.307 e. The molecule has 0 amide bonds. The molecule has 21 heavy (non-hydrogen) atoms. The van der Waals surface area contributed by atoms with Gasteiger partial charge < -0.3 is 15.2 Å². The SMILES string of the molecule is COc1cc(NCc2ccccc2CC(=O)O)nc(C)n1. The zero-order valence-electron chi connectivity index (χ0n) is 12.0. The fraction of sp³-hybridized carbons (Fsp3) is 0.267. The van der Waals surface area contributed by atoms with Crippen LogP contribution in [0.4, 0.5) is 5.82 Å². The molecule has 1 heterocycles. The molecule has 0 fully saturated rings. The maximum atomic E-state index is 10.9. The van der Waals surface area contributed by atoms with Crippen molar-refractivity contribution in [3.8, 4) is 5.88 Å². The van der Waals surface area contributed by atoms with Gasteiger partial charge in [-0.2, -0.15) is 4.98 Å². The molecule has 6 heteroatoms. The monoisotopic (exact) mass is 287 g/mol. The predicted octanol–water partition coefficient (Wildman–Crippen LogP) is 2.03. The highest BCUT2D eigenvalue weighted by atomic mass is 16.5. The van der Waals surface area contributed by atoms with E-state index in [-0.39, 0.29) is 6.42 Å². The van der Waals surface area contributed by atoms with Crippen LogP contribution in [-0.4, -0.2) is 28.2 Å². The minimum atomic E-state index is -0.845. The second-order valence-corrected chi connectivity index (χ2v) is 4.54. The molecule has 0 spiro atoms. The number of nitrogens with one attached hydrogen (secondary N) is 1. The third-order valence-electron chi connectivity index (χ3n) is 2.94. The summed E-state index contributed by atoms with van der Waals surface area (Å²) >= 11 is 0. The summed E-state index contributed by atoms with van der Waals surface area (Å²) in [7, 11) is 1.55. The Morgan fingerprint density at radius 2 is 2.00 bits per heavy atom. The third-order valence-corrected chi connectivity index (χ3v) is 2.94. The Bertz CT molecular complexity index is 644. The van der Waals surface area contributed by atoms with Gasteiger partial charge in [-0.1, -0.05) is 24.3 Å². The molecule has 0 bridgehead atoms. The lowest BCUT2D eigenvalue weighted by Crippen LogP contribution is -2.08. The number of rotatable bonds is 6. The standard InChI is InChI=1S/C15H17N3O3/c1-10-17-13(8-14(18-10)21-2)16-9-12-6-4-3-5-11(12)7-15(19)20/h3-6,8H,7,9H2,1-2H3,(H,19,20)(H,16,17,18). The van der Waals surface area contributed by atoms with E-state index in [1.165, 1.54) is 0 Å². The molecular formula is C15H17N3O3. The molecule has 0 atom stereocenters. The lowest BCUT2D eigenvalue weighted by atomic mass is 10.0.